The lowest BCUT2D eigenvalue weighted by atomic mass is 9.98. The van der Waals surface area contributed by atoms with Gasteiger partial charge < -0.3 is 14.6 Å². The van der Waals surface area contributed by atoms with Crippen molar-refractivity contribution < 1.29 is 19.4 Å². The second kappa shape index (κ2) is 7.99. The number of rotatable bonds is 3. The molecule has 3 rings (SSSR count). The van der Waals surface area contributed by atoms with Crippen LogP contribution in [-0.2, 0) is 9.47 Å². The molecule has 8 heteroatoms. The minimum atomic E-state index is -0.995. The molecule has 1 aromatic carbocycles. The number of nitrogens with zero attached hydrogens (tertiary/aromatic N) is 2. The average Bonchev–Trinajstić information content (AvgIpc) is 2.65. The first-order valence-corrected chi connectivity index (χ1v) is 9.40. The van der Waals surface area contributed by atoms with Crippen LogP contribution in [0.15, 0.2) is 36.5 Å². The van der Waals surface area contributed by atoms with Crippen LogP contribution < -0.4 is 0 Å². The molecule has 1 fully saturated rings. The van der Waals surface area contributed by atoms with E-state index in [1.54, 1.807) is 6.20 Å². The van der Waals surface area contributed by atoms with Crippen LogP contribution in [-0.4, -0.2) is 57.5 Å². The molecule has 25 heavy (non-hydrogen) atoms. The van der Waals surface area contributed by atoms with Gasteiger partial charge in [0, 0.05) is 23.7 Å². The Labute approximate surface area is 155 Å². The zero-order valence-corrected chi connectivity index (χ0v) is 15.3. The van der Waals surface area contributed by atoms with E-state index in [1.165, 1.54) is 16.7 Å². The van der Waals surface area contributed by atoms with Crippen molar-refractivity contribution in [2.24, 2.45) is 0 Å². The van der Waals surface area contributed by atoms with Gasteiger partial charge in [-0.05, 0) is 24.5 Å². The molecule has 2 heterocycles. The third-order valence-electron chi connectivity index (χ3n) is 4.12. The molecule has 1 aromatic heterocycles. The van der Waals surface area contributed by atoms with E-state index in [1.807, 2.05) is 36.6 Å². The second-order valence-corrected chi connectivity index (χ2v) is 6.94. The molecule has 0 saturated carbocycles. The standard InChI is InChI=1S/C17H18N2O4S2/c1-25-17(24)23-15(13-10-22-9-8-19(13)16(20)21)12-6-2-4-11-5-3-7-18-14(11)12/h2-7,13,15H,8-10H2,1H3,(H,20,21). The Kier molecular flexibility index (Phi) is 5.72. The molecular formula is C17H18N2O4S2. The number of amides is 1. The summed E-state index contributed by atoms with van der Waals surface area (Å²) in [4.78, 5) is 17.5. The van der Waals surface area contributed by atoms with Crippen molar-refractivity contribution in [1.29, 1.82) is 0 Å². The normalized spacial score (nSPS) is 18.8. The van der Waals surface area contributed by atoms with Crippen LogP contribution in [0, 0.1) is 0 Å². The molecule has 0 radical (unpaired) electrons. The Bertz CT molecular complexity index is 781. The summed E-state index contributed by atoms with van der Waals surface area (Å²) in [5, 5.41) is 10.5. The molecule has 1 amide bonds. The maximum Gasteiger partial charge on any atom is 0.407 e. The molecule has 1 saturated heterocycles. The summed E-state index contributed by atoms with van der Waals surface area (Å²) in [5.74, 6) is 0. The maximum absolute atomic E-state index is 11.7. The van der Waals surface area contributed by atoms with Crippen molar-refractivity contribution in [2.45, 2.75) is 12.1 Å². The van der Waals surface area contributed by atoms with Gasteiger partial charge >= 0.3 is 6.09 Å². The number of aromatic nitrogens is 1. The third kappa shape index (κ3) is 3.86. The van der Waals surface area contributed by atoms with Gasteiger partial charge in [-0.15, -0.1) is 0 Å². The average molecular weight is 378 g/mol. The SMILES string of the molecule is CSC(=S)OC(c1cccc2cccnc12)C1COCCN1C(=O)O. The second-order valence-electron chi connectivity index (χ2n) is 5.53. The number of thioether (sulfide) groups is 1. The minimum absolute atomic E-state index is 0.247. The number of morpholine rings is 1. The molecule has 132 valence electrons. The van der Waals surface area contributed by atoms with E-state index in [0.717, 1.165) is 16.5 Å². The van der Waals surface area contributed by atoms with Crippen molar-refractivity contribution in [3.8, 4) is 0 Å². The summed E-state index contributed by atoms with van der Waals surface area (Å²) in [6, 6.07) is 9.10. The number of para-hydroxylation sites is 1. The molecule has 2 aromatic rings. The van der Waals surface area contributed by atoms with Crippen molar-refractivity contribution in [3.05, 3.63) is 42.1 Å². The predicted octanol–water partition coefficient (Wildman–Crippen LogP) is 3.32. The smallest absolute Gasteiger partial charge is 0.407 e. The van der Waals surface area contributed by atoms with Gasteiger partial charge in [0.1, 0.15) is 0 Å². The topological polar surface area (TPSA) is 71.9 Å². The largest absolute Gasteiger partial charge is 0.468 e. The van der Waals surface area contributed by atoms with E-state index in [-0.39, 0.29) is 6.61 Å². The molecule has 2 unspecified atom stereocenters. The molecular weight excluding hydrogens is 360 g/mol. The number of ether oxygens (including phenoxy) is 2. The minimum Gasteiger partial charge on any atom is -0.468 e. The number of hydrogen-bond acceptors (Lipinski definition) is 6. The number of carbonyl (C=O) groups is 1. The summed E-state index contributed by atoms with van der Waals surface area (Å²) in [6.45, 7) is 0.914. The van der Waals surface area contributed by atoms with Crippen molar-refractivity contribution in [3.63, 3.8) is 0 Å². The number of pyridine rings is 1. The molecule has 6 nitrogen and oxygen atoms in total. The summed E-state index contributed by atoms with van der Waals surface area (Å²) in [7, 11) is 0. The fraction of sp³-hybridized carbons (Fsp3) is 0.353. The predicted molar refractivity (Wildman–Crippen MR) is 101 cm³/mol. The van der Waals surface area contributed by atoms with Crippen LogP contribution in [0.5, 0.6) is 0 Å². The fourth-order valence-corrected chi connectivity index (χ4v) is 3.27. The lowest BCUT2D eigenvalue weighted by Crippen LogP contribution is -2.51. The van der Waals surface area contributed by atoms with E-state index in [9.17, 15) is 9.90 Å². The summed E-state index contributed by atoms with van der Waals surface area (Å²) in [5.41, 5.74) is 1.58. The molecule has 1 N–H and O–H groups in total. The highest BCUT2D eigenvalue weighted by atomic mass is 32.2. The van der Waals surface area contributed by atoms with E-state index in [2.05, 4.69) is 4.98 Å². The molecule has 1 aliphatic rings. The van der Waals surface area contributed by atoms with E-state index < -0.39 is 18.2 Å². The lowest BCUT2D eigenvalue weighted by Gasteiger charge is -2.38. The number of benzene rings is 1. The Morgan fingerprint density at radius 2 is 2.28 bits per heavy atom. The Morgan fingerprint density at radius 1 is 1.48 bits per heavy atom. The Balaban J connectivity index is 2.07. The third-order valence-corrected chi connectivity index (χ3v) is 5.15. The molecule has 1 aliphatic heterocycles. The first-order valence-electron chi connectivity index (χ1n) is 7.77. The van der Waals surface area contributed by atoms with Gasteiger partial charge in [0.15, 0.2) is 6.10 Å². The van der Waals surface area contributed by atoms with Gasteiger partial charge in [-0.2, -0.15) is 0 Å². The fourth-order valence-electron chi connectivity index (χ4n) is 2.97. The van der Waals surface area contributed by atoms with Gasteiger partial charge in [-0.1, -0.05) is 36.0 Å². The summed E-state index contributed by atoms with van der Waals surface area (Å²) in [6.07, 6.45) is 1.95. The van der Waals surface area contributed by atoms with Gasteiger partial charge in [0.2, 0.25) is 4.38 Å². The van der Waals surface area contributed by atoms with Crippen LogP contribution in [0.25, 0.3) is 10.9 Å². The van der Waals surface area contributed by atoms with Crippen molar-refractivity contribution in [2.75, 3.05) is 26.0 Å². The van der Waals surface area contributed by atoms with Gasteiger partial charge in [-0.25, -0.2) is 4.79 Å². The number of thiocarbonyl (C=S) groups is 1. The monoisotopic (exact) mass is 378 g/mol. The lowest BCUT2D eigenvalue weighted by molar-refractivity contribution is -0.0431. The Hall–Kier alpha value is -1.90. The zero-order chi connectivity index (χ0) is 17.8. The highest BCUT2D eigenvalue weighted by Gasteiger charge is 2.37. The molecule has 0 spiro atoms. The van der Waals surface area contributed by atoms with Crippen molar-refractivity contribution in [1.82, 2.24) is 9.88 Å². The highest BCUT2D eigenvalue weighted by molar-refractivity contribution is 8.22. The van der Waals surface area contributed by atoms with Crippen LogP contribution in [0.4, 0.5) is 4.79 Å². The van der Waals surface area contributed by atoms with Crippen LogP contribution in [0.2, 0.25) is 0 Å². The highest BCUT2D eigenvalue weighted by Crippen LogP contribution is 2.33. The molecule has 0 bridgehead atoms. The van der Waals surface area contributed by atoms with Crippen LogP contribution >= 0.6 is 24.0 Å². The quantitative estimate of drug-likeness (QED) is 0.822. The van der Waals surface area contributed by atoms with E-state index in [4.69, 9.17) is 21.7 Å². The summed E-state index contributed by atoms with van der Waals surface area (Å²) >= 11 is 6.55. The zero-order valence-electron chi connectivity index (χ0n) is 13.6. The first-order chi connectivity index (χ1) is 12.1. The van der Waals surface area contributed by atoms with E-state index in [0.29, 0.717) is 17.5 Å². The van der Waals surface area contributed by atoms with Crippen LogP contribution in [0.3, 0.4) is 0 Å². The Morgan fingerprint density at radius 3 is 3.04 bits per heavy atom. The molecule has 0 aliphatic carbocycles. The van der Waals surface area contributed by atoms with E-state index >= 15 is 0 Å². The number of hydrogen-bond donors (Lipinski definition) is 1. The number of fused-ring (bicyclic) bond motifs is 1. The van der Waals surface area contributed by atoms with Gasteiger partial charge in [0.25, 0.3) is 0 Å². The number of carboxylic acid groups (broad SMARTS) is 1. The van der Waals surface area contributed by atoms with Crippen LogP contribution in [0.1, 0.15) is 11.7 Å². The maximum atomic E-state index is 11.7. The van der Waals surface area contributed by atoms with Gasteiger partial charge in [-0.3, -0.25) is 9.88 Å². The van der Waals surface area contributed by atoms with Crippen molar-refractivity contribution >= 4 is 45.4 Å². The van der Waals surface area contributed by atoms with Gasteiger partial charge in [0.05, 0.1) is 24.8 Å². The first kappa shape index (κ1) is 17.9. The molecule has 2 atom stereocenters. The summed E-state index contributed by atoms with van der Waals surface area (Å²) < 4.78 is 11.9.